The summed E-state index contributed by atoms with van der Waals surface area (Å²) in [6.45, 7) is 0.746. The van der Waals surface area contributed by atoms with E-state index in [0.29, 0.717) is 0 Å². The van der Waals surface area contributed by atoms with E-state index < -0.39 is 0 Å². The van der Waals surface area contributed by atoms with E-state index in [1.54, 1.807) is 4.31 Å². The van der Waals surface area contributed by atoms with Crippen LogP contribution in [0.25, 0.3) is 0 Å². The van der Waals surface area contributed by atoms with E-state index in [1.807, 2.05) is 30.5 Å². The van der Waals surface area contributed by atoms with Crippen molar-refractivity contribution in [3.63, 3.8) is 0 Å². The second-order valence-corrected chi connectivity index (χ2v) is 3.49. The predicted molar refractivity (Wildman–Crippen MR) is 49.8 cm³/mol. The van der Waals surface area contributed by atoms with Crippen molar-refractivity contribution in [2.24, 2.45) is 0 Å². The molecule has 2 rings (SSSR count). The van der Waals surface area contributed by atoms with E-state index >= 15 is 0 Å². The molecule has 2 nitrogen and oxygen atoms in total. The Hall–Kier alpha value is -0.960. The summed E-state index contributed by atoms with van der Waals surface area (Å²) in [6, 6.07) is 7.76. The summed E-state index contributed by atoms with van der Waals surface area (Å²) in [4.78, 5) is 11.5. The predicted octanol–water partition coefficient (Wildman–Crippen LogP) is 1.92. The maximum Gasteiger partial charge on any atom is 0.264 e. The van der Waals surface area contributed by atoms with Crippen LogP contribution in [0.5, 0.6) is 0 Å². The average molecular weight is 179 g/mol. The molecule has 3 heteroatoms. The van der Waals surface area contributed by atoms with Gasteiger partial charge in [-0.1, -0.05) is 30.1 Å². The lowest BCUT2D eigenvalue weighted by Gasteiger charge is -2.08. The van der Waals surface area contributed by atoms with Crippen LogP contribution in [-0.2, 0) is 6.54 Å². The highest BCUT2D eigenvalue weighted by Gasteiger charge is 2.25. The van der Waals surface area contributed by atoms with E-state index in [2.05, 4.69) is 0 Å². The van der Waals surface area contributed by atoms with Crippen molar-refractivity contribution in [1.82, 2.24) is 4.31 Å². The highest BCUT2D eigenvalue weighted by Crippen LogP contribution is 2.26. The van der Waals surface area contributed by atoms with Gasteiger partial charge in [-0.25, -0.2) is 0 Å². The summed E-state index contributed by atoms with van der Waals surface area (Å²) >= 11 is 1.48. The van der Waals surface area contributed by atoms with Crippen molar-refractivity contribution in [1.29, 1.82) is 0 Å². The van der Waals surface area contributed by atoms with E-state index in [0.717, 1.165) is 17.7 Å². The molecule has 0 bridgehead atoms. The lowest BCUT2D eigenvalue weighted by Crippen LogP contribution is -2.14. The second kappa shape index (κ2) is 2.83. The van der Waals surface area contributed by atoms with Crippen LogP contribution in [0.15, 0.2) is 24.3 Å². The number of carbonyl (C=O) groups excluding carboxylic acids is 1. The Bertz CT molecular complexity index is 324. The number of benzene rings is 1. The van der Waals surface area contributed by atoms with Gasteiger partial charge in [0.1, 0.15) is 0 Å². The molecule has 0 saturated carbocycles. The molecule has 1 amide bonds. The van der Waals surface area contributed by atoms with Crippen molar-refractivity contribution >= 4 is 17.9 Å². The molecule has 0 fully saturated rings. The third-order valence-corrected chi connectivity index (χ3v) is 2.74. The molecule has 0 radical (unpaired) electrons. The molecule has 1 aromatic carbocycles. The van der Waals surface area contributed by atoms with Crippen molar-refractivity contribution in [2.75, 3.05) is 6.26 Å². The largest absolute Gasteiger partial charge is 0.278 e. The van der Waals surface area contributed by atoms with Crippen LogP contribution in [0.1, 0.15) is 15.9 Å². The molecular formula is C9H9NOS. The molecule has 62 valence electrons. The zero-order valence-corrected chi connectivity index (χ0v) is 7.60. The minimum absolute atomic E-state index is 0.137. The van der Waals surface area contributed by atoms with Crippen LogP contribution in [-0.4, -0.2) is 16.5 Å². The molecule has 1 heterocycles. The van der Waals surface area contributed by atoms with E-state index in [9.17, 15) is 4.79 Å². The first-order valence-electron chi connectivity index (χ1n) is 3.77. The fraction of sp³-hybridized carbons (Fsp3) is 0.222. The normalized spacial score (nSPS) is 15.1. The Balaban J connectivity index is 2.42. The number of carbonyl (C=O) groups is 1. The molecule has 12 heavy (non-hydrogen) atoms. The summed E-state index contributed by atoms with van der Waals surface area (Å²) in [6.07, 6.45) is 1.92. The van der Waals surface area contributed by atoms with Gasteiger partial charge in [-0.15, -0.1) is 0 Å². The lowest BCUT2D eigenvalue weighted by atomic mass is 10.1. The summed E-state index contributed by atoms with van der Waals surface area (Å²) in [7, 11) is 0. The van der Waals surface area contributed by atoms with Crippen molar-refractivity contribution in [2.45, 2.75) is 6.54 Å². The zero-order chi connectivity index (χ0) is 8.55. The van der Waals surface area contributed by atoms with Crippen LogP contribution in [0.3, 0.4) is 0 Å². The van der Waals surface area contributed by atoms with Gasteiger partial charge >= 0.3 is 0 Å². The highest BCUT2D eigenvalue weighted by atomic mass is 32.2. The van der Waals surface area contributed by atoms with E-state index in [-0.39, 0.29) is 5.91 Å². The second-order valence-electron chi connectivity index (χ2n) is 2.68. The molecule has 0 aromatic heterocycles. The first-order chi connectivity index (χ1) is 5.83. The van der Waals surface area contributed by atoms with Crippen LogP contribution >= 0.6 is 11.9 Å². The number of amides is 1. The standard InChI is InChI=1S/C9H9NOS/c1-12-10-6-7-4-2-3-5-8(7)9(10)11/h2-5H,6H2,1H3. The number of hydrogen-bond acceptors (Lipinski definition) is 2. The van der Waals surface area contributed by atoms with Crippen LogP contribution in [0, 0.1) is 0 Å². The molecule has 1 aliphatic rings. The zero-order valence-electron chi connectivity index (χ0n) is 6.78. The average Bonchev–Trinajstić information content (AvgIpc) is 2.44. The van der Waals surface area contributed by atoms with Gasteiger partial charge in [-0.05, 0) is 11.6 Å². The van der Waals surface area contributed by atoms with E-state index in [1.165, 1.54) is 11.9 Å². The summed E-state index contributed by atoms with van der Waals surface area (Å²) in [5.74, 6) is 0.137. The Morgan fingerprint density at radius 2 is 2.17 bits per heavy atom. The van der Waals surface area contributed by atoms with Gasteiger partial charge in [0.2, 0.25) is 0 Å². The SMILES string of the molecule is CSN1Cc2ccccc2C1=O. The fourth-order valence-electron chi connectivity index (χ4n) is 1.38. The molecule has 0 spiro atoms. The monoisotopic (exact) mass is 179 g/mol. The molecule has 0 atom stereocenters. The van der Waals surface area contributed by atoms with Gasteiger partial charge in [0, 0.05) is 11.8 Å². The number of rotatable bonds is 1. The minimum atomic E-state index is 0.137. The van der Waals surface area contributed by atoms with Crippen molar-refractivity contribution in [3.05, 3.63) is 35.4 Å². The number of nitrogens with zero attached hydrogens (tertiary/aromatic N) is 1. The maximum atomic E-state index is 11.5. The lowest BCUT2D eigenvalue weighted by molar-refractivity contribution is 0.0890. The molecule has 1 aromatic rings. The van der Waals surface area contributed by atoms with Crippen LogP contribution in [0.2, 0.25) is 0 Å². The molecule has 1 aliphatic heterocycles. The summed E-state index contributed by atoms with van der Waals surface area (Å²) in [5, 5.41) is 0. The van der Waals surface area contributed by atoms with Gasteiger partial charge in [0.15, 0.2) is 0 Å². The van der Waals surface area contributed by atoms with Crippen LogP contribution in [0.4, 0.5) is 0 Å². The Kier molecular flexibility index (Phi) is 1.81. The van der Waals surface area contributed by atoms with Gasteiger partial charge in [-0.3, -0.25) is 9.10 Å². The molecule has 0 aliphatic carbocycles. The minimum Gasteiger partial charge on any atom is -0.278 e. The maximum absolute atomic E-state index is 11.5. The number of fused-ring (bicyclic) bond motifs is 1. The fourth-order valence-corrected chi connectivity index (χ4v) is 1.91. The third-order valence-electron chi connectivity index (χ3n) is 2.01. The Morgan fingerprint density at radius 1 is 1.42 bits per heavy atom. The van der Waals surface area contributed by atoms with Gasteiger partial charge in [0.25, 0.3) is 5.91 Å². The molecule has 0 unspecified atom stereocenters. The first kappa shape index (κ1) is 7.68. The summed E-state index contributed by atoms with van der Waals surface area (Å²) in [5.41, 5.74) is 1.99. The topological polar surface area (TPSA) is 20.3 Å². The number of hydrogen-bond donors (Lipinski definition) is 0. The summed E-state index contributed by atoms with van der Waals surface area (Å²) < 4.78 is 1.77. The van der Waals surface area contributed by atoms with Crippen LogP contribution < -0.4 is 0 Å². The molecule has 0 N–H and O–H groups in total. The Morgan fingerprint density at radius 3 is 2.83 bits per heavy atom. The van der Waals surface area contributed by atoms with Gasteiger partial charge in [0.05, 0.1) is 6.54 Å². The first-order valence-corrected chi connectivity index (χ1v) is 4.95. The van der Waals surface area contributed by atoms with Crippen molar-refractivity contribution in [3.8, 4) is 0 Å². The smallest absolute Gasteiger partial charge is 0.264 e. The van der Waals surface area contributed by atoms with E-state index in [4.69, 9.17) is 0 Å². The highest BCUT2D eigenvalue weighted by molar-refractivity contribution is 7.96. The van der Waals surface area contributed by atoms with Gasteiger partial charge < -0.3 is 0 Å². The van der Waals surface area contributed by atoms with Gasteiger partial charge in [-0.2, -0.15) is 0 Å². The molecule has 0 saturated heterocycles. The van der Waals surface area contributed by atoms with Crippen molar-refractivity contribution < 1.29 is 4.79 Å². The third kappa shape index (κ3) is 1.01. The molecular weight excluding hydrogens is 170 g/mol. The quantitative estimate of drug-likeness (QED) is 0.614. The Labute approximate surface area is 75.7 Å².